The topological polar surface area (TPSA) is 66.5 Å². The number of carbonyl (C=O) groups is 1. The lowest BCUT2D eigenvalue weighted by Crippen LogP contribution is -2.35. The minimum atomic E-state index is -4.43. The number of anilines is 1. The van der Waals surface area contributed by atoms with Crippen LogP contribution in [0.25, 0.3) is 0 Å². The highest BCUT2D eigenvalue weighted by atomic mass is 32.2. The molecule has 156 valence electrons. The van der Waals surface area contributed by atoms with Gasteiger partial charge in [-0.2, -0.15) is 17.5 Å². The first-order valence-electron chi connectivity index (χ1n) is 9.22. The molecule has 0 saturated carbocycles. The maximum absolute atomic E-state index is 12.8. The second kappa shape index (κ2) is 8.54. The van der Waals surface area contributed by atoms with Crippen molar-refractivity contribution in [3.05, 3.63) is 59.7 Å². The van der Waals surface area contributed by atoms with Crippen LogP contribution in [0.4, 0.5) is 18.9 Å². The fraction of sp³-hybridized carbons (Fsp3) is 0.350. The standard InChI is InChI=1S/C20H21F3N2O3S/c21-20(22,23)16-9-7-15(8-10-16)13-19(26)24-17-5-4-6-18(14-17)29(27,28)25-11-2-1-3-12-25/h4-10,14H,1-3,11-13H2,(H,24,26). The number of piperidine rings is 1. The fourth-order valence-corrected chi connectivity index (χ4v) is 4.75. The van der Waals surface area contributed by atoms with E-state index < -0.39 is 27.7 Å². The van der Waals surface area contributed by atoms with Gasteiger partial charge in [-0.3, -0.25) is 4.79 Å². The summed E-state index contributed by atoms with van der Waals surface area (Å²) >= 11 is 0. The molecule has 1 heterocycles. The van der Waals surface area contributed by atoms with E-state index >= 15 is 0 Å². The van der Waals surface area contributed by atoms with Crippen molar-refractivity contribution in [2.75, 3.05) is 18.4 Å². The van der Waals surface area contributed by atoms with E-state index in [-0.39, 0.29) is 11.3 Å². The van der Waals surface area contributed by atoms with E-state index in [0.29, 0.717) is 24.3 Å². The number of sulfonamides is 1. The Kier molecular flexibility index (Phi) is 6.28. The number of halogens is 3. The molecule has 0 aliphatic carbocycles. The molecule has 1 fully saturated rings. The van der Waals surface area contributed by atoms with Crippen molar-refractivity contribution in [2.45, 2.75) is 36.8 Å². The van der Waals surface area contributed by atoms with Crippen molar-refractivity contribution >= 4 is 21.6 Å². The van der Waals surface area contributed by atoms with Crippen LogP contribution in [0.5, 0.6) is 0 Å². The highest BCUT2D eigenvalue weighted by Crippen LogP contribution is 2.29. The van der Waals surface area contributed by atoms with Crippen molar-refractivity contribution in [3.63, 3.8) is 0 Å². The second-order valence-corrected chi connectivity index (χ2v) is 8.85. The number of benzene rings is 2. The van der Waals surface area contributed by atoms with E-state index in [9.17, 15) is 26.4 Å². The Bertz CT molecular complexity index is 967. The third-order valence-electron chi connectivity index (χ3n) is 4.72. The molecule has 0 atom stereocenters. The van der Waals surface area contributed by atoms with Crippen LogP contribution in [0.15, 0.2) is 53.4 Å². The zero-order chi connectivity index (χ0) is 21.1. The number of hydrogen-bond donors (Lipinski definition) is 1. The number of amides is 1. The van der Waals surface area contributed by atoms with Gasteiger partial charge in [-0.15, -0.1) is 0 Å². The lowest BCUT2D eigenvalue weighted by atomic mass is 10.1. The predicted molar refractivity (Wildman–Crippen MR) is 103 cm³/mol. The fourth-order valence-electron chi connectivity index (χ4n) is 3.19. The number of hydrogen-bond acceptors (Lipinski definition) is 3. The van der Waals surface area contributed by atoms with E-state index in [1.807, 2.05) is 0 Å². The first kappa shape index (κ1) is 21.3. The van der Waals surface area contributed by atoms with Crippen LogP contribution in [0.2, 0.25) is 0 Å². The number of rotatable bonds is 5. The number of alkyl halides is 3. The van der Waals surface area contributed by atoms with Gasteiger partial charge in [0.25, 0.3) is 0 Å². The quantitative estimate of drug-likeness (QED) is 0.784. The number of nitrogens with one attached hydrogen (secondary N) is 1. The first-order chi connectivity index (χ1) is 13.7. The molecular formula is C20H21F3N2O3S. The summed E-state index contributed by atoms with van der Waals surface area (Å²) in [5.41, 5.74) is -0.0372. The molecule has 1 N–H and O–H groups in total. The molecule has 29 heavy (non-hydrogen) atoms. The lowest BCUT2D eigenvalue weighted by Gasteiger charge is -2.26. The van der Waals surface area contributed by atoms with Crippen molar-refractivity contribution in [3.8, 4) is 0 Å². The average molecular weight is 426 g/mol. The summed E-state index contributed by atoms with van der Waals surface area (Å²) in [6.45, 7) is 0.958. The Morgan fingerprint density at radius 1 is 1.00 bits per heavy atom. The van der Waals surface area contributed by atoms with Crippen LogP contribution in [-0.4, -0.2) is 31.7 Å². The molecule has 0 unspecified atom stereocenters. The van der Waals surface area contributed by atoms with Crippen molar-refractivity contribution < 1.29 is 26.4 Å². The summed E-state index contributed by atoms with van der Waals surface area (Å²) in [6.07, 6.45) is -1.90. The van der Waals surface area contributed by atoms with Gasteiger partial charge in [0.2, 0.25) is 15.9 Å². The summed E-state index contributed by atoms with van der Waals surface area (Å²) in [5.74, 6) is -0.447. The van der Waals surface area contributed by atoms with Crippen LogP contribution in [0.1, 0.15) is 30.4 Å². The minimum absolute atomic E-state index is 0.103. The zero-order valence-electron chi connectivity index (χ0n) is 15.6. The van der Waals surface area contributed by atoms with Gasteiger partial charge in [-0.1, -0.05) is 24.6 Å². The van der Waals surface area contributed by atoms with Gasteiger partial charge in [0.15, 0.2) is 0 Å². The summed E-state index contributed by atoms with van der Waals surface area (Å²) in [4.78, 5) is 12.3. The smallest absolute Gasteiger partial charge is 0.326 e. The van der Waals surface area contributed by atoms with E-state index in [0.717, 1.165) is 31.4 Å². The molecule has 0 spiro atoms. The molecule has 0 bridgehead atoms. The first-order valence-corrected chi connectivity index (χ1v) is 10.7. The van der Waals surface area contributed by atoms with Gasteiger partial charge in [0.05, 0.1) is 16.9 Å². The largest absolute Gasteiger partial charge is 0.416 e. The predicted octanol–water partition coefficient (Wildman–Crippen LogP) is 4.06. The lowest BCUT2D eigenvalue weighted by molar-refractivity contribution is -0.137. The molecule has 0 radical (unpaired) electrons. The maximum Gasteiger partial charge on any atom is 0.416 e. The molecule has 3 rings (SSSR count). The molecule has 1 aliphatic rings. The van der Waals surface area contributed by atoms with Crippen LogP contribution < -0.4 is 5.32 Å². The summed E-state index contributed by atoms with van der Waals surface area (Å²) in [5, 5.41) is 2.61. The molecule has 1 amide bonds. The van der Waals surface area contributed by atoms with Gasteiger partial charge in [0.1, 0.15) is 0 Å². The Morgan fingerprint density at radius 2 is 1.66 bits per heavy atom. The normalized spacial score (nSPS) is 15.8. The Labute approximate surface area is 167 Å². The number of nitrogens with zero attached hydrogens (tertiary/aromatic N) is 1. The van der Waals surface area contributed by atoms with Crippen molar-refractivity contribution in [1.82, 2.24) is 4.31 Å². The zero-order valence-corrected chi connectivity index (χ0v) is 16.4. The van der Waals surface area contributed by atoms with E-state index in [1.165, 1.54) is 28.6 Å². The van der Waals surface area contributed by atoms with E-state index in [2.05, 4.69) is 5.32 Å². The summed E-state index contributed by atoms with van der Waals surface area (Å²) < 4.78 is 64.8. The van der Waals surface area contributed by atoms with Crippen LogP contribution in [0.3, 0.4) is 0 Å². The SMILES string of the molecule is O=C(Cc1ccc(C(F)(F)F)cc1)Nc1cccc(S(=O)(=O)N2CCCCC2)c1. The molecular weight excluding hydrogens is 405 g/mol. The molecule has 2 aromatic rings. The van der Waals surface area contributed by atoms with E-state index in [4.69, 9.17) is 0 Å². The Balaban J connectivity index is 1.67. The molecule has 0 aromatic heterocycles. The minimum Gasteiger partial charge on any atom is -0.326 e. The average Bonchev–Trinajstić information content (AvgIpc) is 2.68. The summed E-state index contributed by atoms with van der Waals surface area (Å²) in [6, 6.07) is 10.3. The van der Waals surface area contributed by atoms with Crippen LogP contribution >= 0.6 is 0 Å². The van der Waals surface area contributed by atoms with Gasteiger partial charge in [0, 0.05) is 18.8 Å². The van der Waals surface area contributed by atoms with Crippen molar-refractivity contribution in [1.29, 1.82) is 0 Å². The third kappa shape index (κ3) is 5.36. The van der Waals surface area contributed by atoms with Gasteiger partial charge in [-0.25, -0.2) is 8.42 Å². The number of carbonyl (C=O) groups excluding carboxylic acids is 1. The Morgan fingerprint density at radius 3 is 2.28 bits per heavy atom. The van der Waals surface area contributed by atoms with Gasteiger partial charge >= 0.3 is 6.18 Å². The highest BCUT2D eigenvalue weighted by molar-refractivity contribution is 7.89. The molecule has 9 heteroatoms. The van der Waals surface area contributed by atoms with Crippen molar-refractivity contribution in [2.24, 2.45) is 0 Å². The molecule has 2 aromatic carbocycles. The highest BCUT2D eigenvalue weighted by Gasteiger charge is 2.30. The Hall–Kier alpha value is -2.39. The van der Waals surface area contributed by atoms with Gasteiger partial charge < -0.3 is 5.32 Å². The van der Waals surface area contributed by atoms with Gasteiger partial charge in [-0.05, 0) is 48.7 Å². The maximum atomic E-state index is 12.8. The molecule has 1 saturated heterocycles. The molecule has 5 nitrogen and oxygen atoms in total. The third-order valence-corrected chi connectivity index (χ3v) is 6.61. The monoisotopic (exact) mass is 426 g/mol. The molecule has 1 aliphatic heterocycles. The van der Waals surface area contributed by atoms with Crippen LogP contribution in [0, 0.1) is 0 Å². The summed E-state index contributed by atoms with van der Waals surface area (Å²) in [7, 11) is -3.62. The second-order valence-electron chi connectivity index (χ2n) is 6.91. The van der Waals surface area contributed by atoms with Crippen LogP contribution in [-0.2, 0) is 27.4 Å². The van der Waals surface area contributed by atoms with E-state index in [1.54, 1.807) is 12.1 Å².